The number of carbonyl (C=O) groups is 1. The second-order valence-corrected chi connectivity index (χ2v) is 5.65. The summed E-state index contributed by atoms with van der Waals surface area (Å²) in [5, 5.41) is 4.09. The summed E-state index contributed by atoms with van der Waals surface area (Å²) >= 11 is 1.34. The van der Waals surface area contributed by atoms with E-state index >= 15 is 0 Å². The van der Waals surface area contributed by atoms with Crippen molar-refractivity contribution in [3.05, 3.63) is 4.88 Å². The molecule has 1 aliphatic heterocycles. The molecule has 1 aromatic heterocycles. The first-order valence-corrected chi connectivity index (χ1v) is 7.27. The van der Waals surface area contributed by atoms with Crippen LogP contribution in [0.25, 0.3) is 0 Å². The first kappa shape index (κ1) is 14.1. The summed E-state index contributed by atoms with van der Waals surface area (Å²) in [4.78, 5) is 12.0. The van der Waals surface area contributed by atoms with E-state index in [4.69, 9.17) is 15.2 Å². The van der Waals surface area contributed by atoms with Gasteiger partial charge >= 0.3 is 0 Å². The Kier molecular flexibility index (Phi) is 4.66. The van der Waals surface area contributed by atoms with Crippen molar-refractivity contribution in [2.75, 3.05) is 31.3 Å². The topological polar surface area (TPSA) is 73.6 Å². The van der Waals surface area contributed by atoms with Gasteiger partial charge in [0.15, 0.2) is 11.5 Å². The number of nitrogens with one attached hydrogen (secondary N) is 1. The van der Waals surface area contributed by atoms with E-state index in [0.29, 0.717) is 22.9 Å². The molecule has 0 radical (unpaired) electrons. The number of nitrogens with two attached hydrogens (primary N) is 1. The van der Waals surface area contributed by atoms with Crippen LogP contribution in [-0.2, 0) is 4.74 Å². The normalized spacial score (nSPS) is 19.2. The maximum absolute atomic E-state index is 11.5. The first-order chi connectivity index (χ1) is 9.13. The number of hydrogen-bond acceptors (Lipinski definition) is 6. The highest BCUT2D eigenvalue weighted by Gasteiger charge is 2.21. The quantitative estimate of drug-likeness (QED) is 0.813. The van der Waals surface area contributed by atoms with Crippen molar-refractivity contribution >= 4 is 27.8 Å². The summed E-state index contributed by atoms with van der Waals surface area (Å²) in [6.07, 6.45) is 3.63. The summed E-state index contributed by atoms with van der Waals surface area (Å²) in [5.74, 6) is 0.522. The summed E-state index contributed by atoms with van der Waals surface area (Å²) in [6.45, 7) is 3.05. The smallest absolute Gasteiger partial charge is 0.176 e. The van der Waals surface area contributed by atoms with E-state index in [0.717, 1.165) is 24.4 Å². The van der Waals surface area contributed by atoms with Gasteiger partial charge in [-0.15, -0.1) is 11.3 Å². The molecule has 6 heteroatoms. The zero-order valence-corrected chi connectivity index (χ0v) is 12.1. The molecule has 1 saturated heterocycles. The third-order valence-corrected chi connectivity index (χ3v) is 4.43. The zero-order valence-electron chi connectivity index (χ0n) is 11.3. The number of thiophene rings is 1. The molecule has 0 bridgehead atoms. The van der Waals surface area contributed by atoms with Crippen LogP contribution in [0.15, 0.2) is 0 Å². The standard InChI is InChI=1S/C13H20N2O3S/c1-8(16)12-10(14)11(17-2)13(19-12)15-7-9-5-3-4-6-18-9/h9,15H,3-7,14H2,1-2H3. The Morgan fingerprint density at radius 1 is 1.58 bits per heavy atom. The Hall–Kier alpha value is -1.27. The van der Waals surface area contributed by atoms with E-state index in [1.165, 1.54) is 24.7 Å². The number of rotatable bonds is 5. The van der Waals surface area contributed by atoms with Gasteiger partial charge in [-0.05, 0) is 19.3 Å². The largest absolute Gasteiger partial charge is 0.492 e. The molecule has 5 nitrogen and oxygen atoms in total. The highest BCUT2D eigenvalue weighted by molar-refractivity contribution is 7.19. The van der Waals surface area contributed by atoms with Gasteiger partial charge in [-0.2, -0.15) is 0 Å². The average Bonchev–Trinajstić information content (AvgIpc) is 2.74. The van der Waals surface area contributed by atoms with E-state index in [2.05, 4.69) is 5.32 Å². The van der Waals surface area contributed by atoms with Gasteiger partial charge in [-0.1, -0.05) is 0 Å². The van der Waals surface area contributed by atoms with Gasteiger partial charge in [-0.3, -0.25) is 4.79 Å². The first-order valence-electron chi connectivity index (χ1n) is 6.46. The zero-order chi connectivity index (χ0) is 13.8. The molecule has 2 heterocycles. The van der Waals surface area contributed by atoms with Crippen molar-refractivity contribution in [1.82, 2.24) is 0 Å². The van der Waals surface area contributed by atoms with Gasteiger partial charge in [0.2, 0.25) is 0 Å². The Morgan fingerprint density at radius 2 is 2.37 bits per heavy atom. The summed E-state index contributed by atoms with van der Waals surface area (Å²) in [6, 6.07) is 0. The minimum atomic E-state index is -0.0391. The second-order valence-electron chi connectivity index (χ2n) is 4.63. The van der Waals surface area contributed by atoms with Gasteiger partial charge in [0.05, 0.1) is 23.8 Å². The third-order valence-electron chi connectivity index (χ3n) is 3.19. The number of carbonyl (C=O) groups excluding carboxylic acids is 1. The van der Waals surface area contributed by atoms with Gasteiger partial charge in [-0.25, -0.2) is 0 Å². The maximum atomic E-state index is 11.5. The molecule has 0 aliphatic carbocycles. The molecule has 0 amide bonds. The lowest BCUT2D eigenvalue weighted by atomic mass is 10.1. The fourth-order valence-electron chi connectivity index (χ4n) is 2.18. The molecule has 1 aromatic rings. The van der Waals surface area contributed by atoms with Gasteiger partial charge in [0, 0.05) is 20.1 Å². The molecule has 19 heavy (non-hydrogen) atoms. The van der Waals surface area contributed by atoms with Crippen LogP contribution < -0.4 is 15.8 Å². The highest BCUT2D eigenvalue weighted by atomic mass is 32.1. The van der Waals surface area contributed by atoms with Gasteiger partial charge < -0.3 is 20.5 Å². The number of Topliss-reactive ketones (excluding diaryl/α,β-unsaturated/α-hetero) is 1. The fraction of sp³-hybridized carbons (Fsp3) is 0.615. The number of methoxy groups -OCH3 is 1. The van der Waals surface area contributed by atoms with E-state index in [1.807, 2.05) is 0 Å². The van der Waals surface area contributed by atoms with E-state index in [1.54, 1.807) is 7.11 Å². The Bertz CT molecular complexity index is 453. The minimum Gasteiger partial charge on any atom is -0.492 e. The van der Waals surface area contributed by atoms with E-state index in [9.17, 15) is 4.79 Å². The average molecular weight is 284 g/mol. The van der Waals surface area contributed by atoms with Crippen LogP contribution in [0.1, 0.15) is 35.9 Å². The Morgan fingerprint density at radius 3 is 2.95 bits per heavy atom. The molecule has 0 spiro atoms. The Labute approximate surface area is 117 Å². The van der Waals surface area contributed by atoms with Crippen LogP contribution in [0.3, 0.4) is 0 Å². The van der Waals surface area contributed by atoms with Crippen LogP contribution in [0.4, 0.5) is 10.7 Å². The van der Waals surface area contributed by atoms with Gasteiger partial charge in [0.25, 0.3) is 0 Å². The Balaban J connectivity index is 2.06. The molecule has 0 aromatic carbocycles. The number of hydrogen-bond donors (Lipinski definition) is 2. The molecular formula is C13H20N2O3S. The lowest BCUT2D eigenvalue weighted by Crippen LogP contribution is -2.26. The number of nitrogen functional groups attached to an aromatic ring is 1. The number of anilines is 2. The van der Waals surface area contributed by atoms with Crippen molar-refractivity contribution in [2.24, 2.45) is 0 Å². The number of ketones is 1. The van der Waals surface area contributed by atoms with Gasteiger partial charge in [0.1, 0.15) is 5.00 Å². The van der Waals surface area contributed by atoms with Crippen LogP contribution in [0, 0.1) is 0 Å². The minimum absolute atomic E-state index is 0.0391. The molecule has 0 saturated carbocycles. The summed E-state index contributed by atoms with van der Waals surface area (Å²) in [5.41, 5.74) is 6.34. The van der Waals surface area contributed by atoms with Crippen LogP contribution >= 0.6 is 11.3 Å². The van der Waals surface area contributed by atoms with Crippen LogP contribution in [-0.4, -0.2) is 32.1 Å². The van der Waals surface area contributed by atoms with Crippen molar-refractivity contribution in [1.29, 1.82) is 0 Å². The lowest BCUT2D eigenvalue weighted by molar-refractivity contribution is 0.0248. The molecular weight excluding hydrogens is 264 g/mol. The molecule has 106 valence electrons. The maximum Gasteiger partial charge on any atom is 0.176 e. The van der Waals surface area contributed by atoms with Crippen molar-refractivity contribution < 1.29 is 14.3 Å². The van der Waals surface area contributed by atoms with Crippen LogP contribution in [0.5, 0.6) is 5.75 Å². The molecule has 1 fully saturated rings. The summed E-state index contributed by atoms with van der Waals surface area (Å²) < 4.78 is 10.9. The summed E-state index contributed by atoms with van der Waals surface area (Å²) in [7, 11) is 1.56. The van der Waals surface area contributed by atoms with Crippen molar-refractivity contribution in [3.8, 4) is 5.75 Å². The second kappa shape index (κ2) is 6.25. The van der Waals surface area contributed by atoms with E-state index in [-0.39, 0.29) is 11.9 Å². The molecule has 3 N–H and O–H groups in total. The molecule has 2 rings (SSSR count). The number of ether oxygens (including phenoxy) is 2. The van der Waals surface area contributed by atoms with Crippen LogP contribution in [0.2, 0.25) is 0 Å². The molecule has 1 aliphatic rings. The SMILES string of the molecule is COc1c(NCC2CCCCO2)sc(C(C)=O)c1N. The molecule has 1 atom stereocenters. The third kappa shape index (κ3) is 3.19. The van der Waals surface area contributed by atoms with E-state index < -0.39 is 0 Å². The lowest BCUT2D eigenvalue weighted by Gasteiger charge is -2.23. The van der Waals surface area contributed by atoms with Crippen molar-refractivity contribution in [3.63, 3.8) is 0 Å². The fourth-order valence-corrected chi connectivity index (χ4v) is 3.18. The highest BCUT2D eigenvalue weighted by Crippen LogP contribution is 2.42. The van der Waals surface area contributed by atoms with Crippen molar-refractivity contribution in [2.45, 2.75) is 32.3 Å². The molecule has 1 unspecified atom stereocenters. The predicted octanol–water partition coefficient (Wildman–Crippen LogP) is 2.52. The monoisotopic (exact) mass is 284 g/mol. The predicted molar refractivity (Wildman–Crippen MR) is 77.4 cm³/mol.